The lowest BCUT2D eigenvalue weighted by molar-refractivity contribution is -0.903. The second-order valence-electron chi connectivity index (χ2n) is 11.1. The maximum absolute atomic E-state index is 13.6. The molecule has 1 atom stereocenters. The number of carbonyl (C=O) groups is 2. The standard InChI is InChI=1S/C30H32F3N7O4/c1-18-25(27(42)44-5)26(23-12-11-19(16-34)14-20(23)17-40(3,4)13-7-10-24(41)35-2)39-28(36-37-29(39)43)38(18)22-9-6-8-21(15-22)30(31,32)33/h6,8-9,11-12,14-15,26H,7,10,13,17H2,1-5H3,(H-,35,37,41,43)/p+1/t26-/m1/s1. The monoisotopic (exact) mass is 612 g/mol. The molecule has 2 aromatic carbocycles. The summed E-state index contributed by atoms with van der Waals surface area (Å²) in [5.74, 6) is -0.906. The zero-order chi connectivity index (χ0) is 32.4. The van der Waals surface area contributed by atoms with E-state index in [2.05, 4.69) is 21.6 Å². The third-order valence-electron chi connectivity index (χ3n) is 7.59. The molecule has 1 aliphatic rings. The maximum atomic E-state index is 13.6. The van der Waals surface area contributed by atoms with Gasteiger partial charge in [-0.2, -0.15) is 18.4 Å². The van der Waals surface area contributed by atoms with Gasteiger partial charge in [0.25, 0.3) is 0 Å². The first-order valence-electron chi connectivity index (χ1n) is 13.7. The van der Waals surface area contributed by atoms with E-state index in [1.165, 1.54) is 28.7 Å². The summed E-state index contributed by atoms with van der Waals surface area (Å²) in [7, 11) is 6.66. The summed E-state index contributed by atoms with van der Waals surface area (Å²) in [6, 6.07) is 10.4. The van der Waals surface area contributed by atoms with Crippen molar-refractivity contribution < 1.29 is 32.0 Å². The van der Waals surface area contributed by atoms with Gasteiger partial charge in [-0.15, -0.1) is 5.10 Å². The number of rotatable bonds is 9. The molecule has 0 spiro atoms. The van der Waals surface area contributed by atoms with Gasteiger partial charge in [-0.25, -0.2) is 19.3 Å². The van der Waals surface area contributed by atoms with Crippen molar-refractivity contribution in [3.05, 3.63) is 86.5 Å². The lowest BCUT2D eigenvalue weighted by atomic mass is 9.89. The fraction of sp³-hybridized carbons (Fsp3) is 0.367. The molecular formula is C30H33F3N7O4+. The molecule has 2 N–H and O–H groups in total. The van der Waals surface area contributed by atoms with Gasteiger partial charge in [-0.3, -0.25) is 9.69 Å². The highest BCUT2D eigenvalue weighted by Gasteiger charge is 2.41. The summed E-state index contributed by atoms with van der Waals surface area (Å²) in [6.07, 6.45) is -3.71. The normalized spacial score (nSPS) is 15.1. The molecule has 44 heavy (non-hydrogen) atoms. The molecule has 4 rings (SSSR count). The summed E-state index contributed by atoms with van der Waals surface area (Å²) in [4.78, 5) is 39.8. The molecule has 0 bridgehead atoms. The zero-order valence-electron chi connectivity index (χ0n) is 25.0. The van der Waals surface area contributed by atoms with Crippen molar-refractivity contribution in [1.29, 1.82) is 5.26 Å². The third-order valence-corrected chi connectivity index (χ3v) is 7.59. The van der Waals surface area contributed by atoms with Gasteiger partial charge in [0, 0.05) is 36.8 Å². The number of hydrogen-bond donors (Lipinski definition) is 2. The van der Waals surface area contributed by atoms with Crippen LogP contribution in [0, 0.1) is 11.3 Å². The van der Waals surface area contributed by atoms with Crippen LogP contribution >= 0.6 is 0 Å². The molecule has 0 radical (unpaired) electrons. The summed E-state index contributed by atoms with van der Waals surface area (Å²) >= 11 is 0. The number of alkyl halides is 3. The molecule has 3 aromatic rings. The quantitative estimate of drug-likeness (QED) is 0.278. The van der Waals surface area contributed by atoms with Crippen molar-refractivity contribution in [1.82, 2.24) is 20.1 Å². The number of quaternary nitrogens is 1. The predicted molar refractivity (Wildman–Crippen MR) is 154 cm³/mol. The molecule has 11 nitrogen and oxygen atoms in total. The van der Waals surface area contributed by atoms with Crippen molar-refractivity contribution in [3.63, 3.8) is 0 Å². The van der Waals surface area contributed by atoms with Gasteiger partial charge in [-0.05, 0) is 42.8 Å². The Bertz CT molecular complexity index is 1720. The highest BCUT2D eigenvalue weighted by atomic mass is 19.4. The van der Waals surface area contributed by atoms with E-state index in [1.54, 1.807) is 32.2 Å². The number of allylic oxidation sites excluding steroid dienone is 1. The molecule has 1 aromatic heterocycles. The first-order chi connectivity index (χ1) is 20.7. The first kappa shape index (κ1) is 32.0. The fourth-order valence-electron chi connectivity index (χ4n) is 5.49. The van der Waals surface area contributed by atoms with E-state index in [0.717, 1.165) is 12.1 Å². The second-order valence-corrected chi connectivity index (χ2v) is 11.1. The molecule has 1 amide bonds. The average molecular weight is 613 g/mol. The van der Waals surface area contributed by atoms with Crippen LogP contribution in [0.4, 0.5) is 24.8 Å². The number of aromatic nitrogens is 3. The Hall–Kier alpha value is -4.90. The molecule has 0 saturated heterocycles. The first-order valence-corrected chi connectivity index (χ1v) is 13.7. The Balaban J connectivity index is 1.91. The Labute approximate surface area is 251 Å². The third kappa shape index (κ3) is 6.37. The minimum Gasteiger partial charge on any atom is -0.466 e. The summed E-state index contributed by atoms with van der Waals surface area (Å²) < 4.78 is 47.6. The van der Waals surface area contributed by atoms with Gasteiger partial charge in [-0.1, -0.05) is 12.1 Å². The van der Waals surface area contributed by atoms with E-state index in [-0.39, 0.29) is 28.8 Å². The van der Waals surface area contributed by atoms with Gasteiger partial charge in [0.15, 0.2) is 0 Å². The smallest absolute Gasteiger partial charge is 0.416 e. The van der Waals surface area contributed by atoms with Crippen LogP contribution in [0.5, 0.6) is 0 Å². The number of methoxy groups -OCH3 is 1. The van der Waals surface area contributed by atoms with Gasteiger partial charge >= 0.3 is 17.8 Å². The predicted octanol–water partition coefficient (Wildman–Crippen LogP) is 3.75. The number of nitrogens with zero attached hydrogens (tertiary/aromatic N) is 5. The average Bonchev–Trinajstić information content (AvgIpc) is 3.35. The topological polar surface area (TPSA) is 133 Å². The second kappa shape index (κ2) is 12.4. The van der Waals surface area contributed by atoms with Gasteiger partial charge in [0.1, 0.15) is 12.6 Å². The van der Waals surface area contributed by atoms with Crippen LogP contribution in [0.3, 0.4) is 0 Å². The molecule has 0 aliphatic carbocycles. The number of anilines is 2. The Kier molecular flexibility index (Phi) is 9.01. The molecular weight excluding hydrogens is 579 g/mol. The van der Waals surface area contributed by atoms with Gasteiger partial charge in [0.2, 0.25) is 11.9 Å². The number of H-pyrrole nitrogens is 1. The molecule has 232 valence electrons. The van der Waals surface area contributed by atoms with E-state index in [1.807, 2.05) is 14.1 Å². The summed E-state index contributed by atoms with van der Waals surface area (Å²) in [5.41, 5.74) is 0.154. The number of halogens is 3. The van der Waals surface area contributed by atoms with Crippen LogP contribution in [0.25, 0.3) is 0 Å². The SMILES string of the molecule is CNC(=O)CCC[N+](C)(C)Cc1cc(C#N)ccc1[C@@H]1C(C(=O)OC)=C(C)N(c2cccc(C(F)(F)F)c2)c2n[nH]c(=O)n21. The molecule has 14 heteroatoms. The van der Waals surface area contributed by atoms with E-state index < -0.39 is 29.4 Å². The van der Waals surface area contributed by atoms with Crippen LogP contribution in [0.15, 0.2) is 58.5 Å². The van der Waals surface area contributed by atoms with Crippen molar-refractivity contribution in [2.24, 2.45) is 0 Å². The van der Waals surface area contributed by atoms with Crippen molar-refractivity contribution in [3.8, 4) is 6.07 Å². The summed E-state index contributed by atoms with van der Waals surface area (Å²) in [5, 5.41) is 18.8. The van der Waals surface area contributed by atoms with E-state index in [9.17, 15) is 32.8 Å². The Morgan fingerprint density at radius 1 is 1.20 bits per heavy atom. The molecule has 0 unspecified atom stereocenters. The van der Waals surface area contributed by atoms with Crippen LogP contribution in [0.1, 0.15) is 48.1 Å². The fourth-order valence-corrected chi connectivity index (χ4v) is 5.49. The highest BCUT2D eigenvalue weighted by Crippen LogP contribution is 2.43. The lowest BCUT2D eigenvalue weighted by Crippen LogP contribution is -2.41. The van der Waals surface area contributed by atoms with E-state index in [0.29, 0.717) is 47.1 Å². The van der Waals surface area contributed by atoms with Crippen molar-refractivity contribution in [2.75, 3.05) is 39.7 Å². The zero-order valence-corrected chi connectivity index (χ0v) is 25.0. The number of benzene rings is 2. The Morgan fingerprint density at radius 3 is 2.57 bits per heavy atom. The number of ether oxygens (including phenoxy) is 1. The number of nitrogens with one attached hydrogen (secondary N) is 2. The number of aromatic amines is 1. The minimum absolute atomic E-state index is 0.0109. The van der Waals surface area contributed by atoms with E-state index in [4.69, 9.17) is 4.74 Å². The molecule has 2 heterocycles. The van der Waals surface area contributed by atoms with Crippen LogP contribution < -0.4 is 15.9 Å². The molecule has 0 saturated carbocycles. The number of carbonyl (C=O) groups excluding carboxylic acids is 2. The highest BCUT2D eigenvalue weighted by molar-refractivity contribution is 5.93. The van der Waals surface area contributed by atoms with Crippen molar-refractivity contribution >= 4 is 23.5 Å². The number of nitriles is 1. The van der Waals surface area contributed by atoms with Crippen molar-refractivity contribution in [2.45, 2.75) is 38.5 Å². The maximum Gasteiger partial charge on any atom is 0.416 e. The van der Waals surface area contributed by atoms with Gasteiger partial charge < -0.3 is 14.5 Å². The largest absolute Gasteiger partial charge is 0.466 e. The van der Waals surface area contributed by atoms with E-state index >= 15 is 0 Å². The number of amides is 1. The molecule has 0 fully saturated rings. The van der Waals surface area contributed by atoms with Crippen LogP contribution in [0.2, 0.25) is 0 Å². The molecule has 1 aliphatic heterocycles. The lowest BCUT2D eigenvalue weighted by Gasteiger charge is -2.37. The number of fused-ring (bicyclic) bond motifs is 1. The summed E-state index contributed by atoms with van der Waals surface area (Å²) in [6.45, 7) is 2.51. The van der Waals surface area contributed by atoms with Crippen LogP contribution in [-0.2, 0) is 27.0 Å². The number of hydrogen-bond acceptors (Lipinski definition) is 7. The Morgan fingerprint density at radius 2 is 1.93 bits per heavy atom. The number of esters is 1. The van der Waals surface area contributed by atoms with Crippen LogP contribution in [-0.4, -0.2) is 65.9 Å². The minimum atomic E-state index is -4.63. The van der Waals surface area contributed by atoms with Gasteiger partial charge in [0.05, 0.1) is 50.5 Å².